The van der Waals surface area contributed by atoms with Crippen molar-refractivity contribution in [1.82, 2.24) is 10.3 Å². The minimum atomic E-state index is -0.0471. The molecule has 0 aliphatic carbocycles. The minimum absolute atomic E-state index is 0.0471. The largest absolute Gasteiger partial charge is 0.492 e. The number of nitrogens with zero attached hydrogens (tertiary/aromatic N) is 1. The van der Waals surface area contributed by atoms with Gasteiger partial charge in [-0.3, -0.25) is 4.98 Å². The molecule has 4 nitrogen and oxygen atoms in total. The summed E-state index contributed by atoms with van der Waals surface area (Å²) in [5.74, 6) is 0.757. The Labute approximate surface area is 124 Å². The lowest BCUT2D eigenvalue weighted by Crippen LogP contribution is -2.23. The standard InChI is InChI=1S/C15H19ClN2O2/c1-3-6-18-14(13-5-7-20-15(13)16)11-8-12(19-4-2)10-17-9-11/h5,7-10,14,18H,3-4,6H2,1-2H3. The van der Waals surface area contributed by atoms with Gasteiger partial charge in [0.25, 0.3) is 0 Å². The van der Waals surface area contributed by atoms with E-state index in [1.807, 2.05) is 25.3 Å². The van der Waals surface area contributed by atoms with Crippen LogP contribution in [0.2, 0.25) is 5.22 Å². The van der Waals surface area contributed by atoms with Gasteiger partial charge in [0, 0.05) is 11.8 Å². The van der Waals surface area contributed by atoms with Crippen LogP contribution in [0.5, 0.6) is 5.75 Å². The van der Waals surface area contributed by atoms with E-state index < -0.39 is 0 Å². The number of halogens is 1. The third-order valence-electron chi connectivity index (χ3n) is 2.93. The Balaban J connectivity index is 2.31. The minimum Gasteiger partial charge on any atom is -0.492 e. The lowest BCUT2D eigenvalue weighted by atomic mass is 10.0. The second kappa shape index (κ2) is 7.31. The highest BCUT2D eigenvalue weighted by molar-refractivity contribution is 6.29. The highest BCUT2D eigenvalue weighted by Crippen LogP contribution is 2.30. The highest BCUT2D eigenvalue weighted by Gasteiger charge is 2.19. The van der Waals surface area contributed by atoms with Gasteiger partial charge in [-0.25, -0.2) is 0 Å². The van der Waals surface area contributed by atoms with E-state index in [9.17, 15) is 0 Å². The number of pyridine rings is 1. The number of aromatic nitrogens is 1. The highest BCUT2D eigenvalue weighted by atomic mass is 35.5. The van der Waals surface area contributed by atoms with Crippen molar-refractivity contribution in [3.63, 3.8) is 0 Å². The van der Waals surface area contributed by atoms with Crippen molar-refractivity contribution in [2.24, 2.45) is 0 Å². The molecule has 0 bridgehead atoms. The first-order valence-electron chi connectivity index (χ1n) is 6.80. The molecule has 2 aromatic rings. The third kappa shape index (κ3) is 3.52. The summed E-state index contributed by atoms with van der Waals surface area (Å²) < 4.78 is 10.7. The molecule has 0 radical (unpaired) electrons. The van der Waals surface area contributed by atoms with Crippen LogP contribution >= 0.6 is 11.6 Å². The summed E-state index contributed by atoms with van der Waals surface area (Å²) >= 11 is 6.11. The molecule has 0 amide bonds. The summed E-state index contributed by atoms with van der Waals surface area (Å²) in [5.41, 5.74) is 1.92. The Morgan fingerprint density at radius 2 is 2.25 bits per heavy atom. The molecule has 0 saturated heterocycles. The molecule has 2 aromatic heterocycles. The summed E-state index contributed by atoms with van der Waals surface area (Å²) in [6.45, 7) is 5.57. The van der Waals surface area contributed by atoms with Gasteiger partial charge in [0.2, 0.25) is 0 Å². The topological polar surface area (TPSA) is 47.3 Å². The van der Waals surface area contributed by atoms with Crippen LogP contribution in [0.3, 0.4) is 0 Å². The lowest BCUT2D eigenvalue weighted by molar-refractivity contribution is 0.338. The number of rotatable bonds is 7. The molecule has 2 rings (SSSR count). The van der Waals surface area contributed by atoms with Crippen molar-refractivity contribution in [3.05, 3.63) is 47.1 Å². The number of furan rings is 1. The van der Waals surface area contributed by atoms with E-state index in [-0.39, 0.29) is 6.04 Å². The Morgan fingerprint density at radius 3 is 2.90 bits per heavy atom. The summed E-state index contributed by atoms with van der Waals surface area (Å²) in [7, 11) is 0. The first kappa shape index (κ1) is 14.9. The fourth-order valence-corrected chi connectivity index (χ4v) is 2.27. The van der Waals surface area contributed by atoms with Crippen LogP contribution in [0.1, 0.15) is 37.4 Å². The van der Waals surface area contributed by atoms with Crippen molar-refractivity contribution in [1.29, 1.82) is 0 Å². The van der Waals surface area contributed by atoms with Crippen molar-refractivity contribution in [2.45, 2.75) is 26.3 Å². The van der Waals surface area contributed by atoms with Crippen LogP contribution in [-0.4, -0.2) is 18.1 Å². The second-order valence-electron chi connectivity index (χ2n) is 4.42. The van der Waals surface area contributed by atoms with Gasteiger partial charge in [0.1, 0.15) is 5.75 Å². The maximum Gasteiger partial charge on any atom is 0.198 e. The van der Waals surface area contributed by atoms with Gasteiger partial charge in [0.15, 0.2) is 5.22 Å². The van der Waals surface area contributed by atoms with E-state index in [0.29, 0.717) is 11.8 Å². The molecular weight excluding hydrogens is 276 g/mol. The summed E-state index contributed by atoms with van der Waals surface area (Å²) in [5, 5.41) is 3.86. The van der Waals surface area contributed by atoms with Crippen LogP contribution < -0.4 is 10.1 Å². The maximum atomic E-state index is 6.11. The molecule has 0 aliphatic rings. The van der Waals surface area contributed by atoms with Crippen LogP contribution in [0.4, 0.5) is 0 Å². The lowest BCUT2D eigenvalue weighted by Gasteiger charge is -2.18. The molecule has 0 aromatic carbocycles. The van der Waals surface area contributed by atoms with E-state index in [2.05, 4.69) is 17.2 Å². The first-order chi connectivity index (χ1) is 9.76. The Bertz CT molecular complexity index is 542. The third-order valence-corrected chi connectivity index (χ3v) is 3.24. The monoisotopic (exact) mass is 294 g/mol. The van der Waals surface area contributed by atoms with Crippen LogP contribution in [-0.2, 0) is 0 Å². The molecule has 1 N–H and O–H groups in total. The number of hydrogen-bond acceptors (Lipinski definition) is 4. The molecule has 1 unspecified atom stereocenters. The van der Waals surface area contributed by atoms with Crippen molar-refractivity contribution < 1.29 is 9.15 Å². The Hall–Kier alpha value is -1.52. The predicted octanol–water partition coefficient (Wildman–Crippen LogP) is 3.82. The summed E-state index contributed by atoms with van der Waals surface area (Å²) in [4.78, 5) is 4.23. The number of hydrogen-bond donors (Lipinski definition) is 1. The van der Waals surface area contributed by atoms with Crippen molar-refractivity contribution >= 4 is 11.6 Å². The summed E-state index contributed by atoms with van der Waals surface area (Å²) in [6, 6.07) is 3.81. The van der Waals surface area contributed by atoms with Crippen molar-refractivity contribution in [2.75, 3.05) is 13.2 Å². The quantitative estimate of drug-likeness (QED) is 0.843. The van der Waals surface area contributed by atoms with Gasteiger partial charge in [-0.1, -0.05) is 6.92 Å². The Kier molecular flexibility index (Phi) is 5.44. The average molecular weight is 295 g/mol. The van der Waals surface area contributed by atoms with E-state index in [1.54, 1.807) is 12.5 Å². The molecule has 1 atom stereocenters. The average Bonchev–Trinajstić information content (AvgIpc) is 2.87. The molecule has 0 spiro atoms. The van der Waals surface area contributed by atoms with Gasteiger partial charge in [-0.2, -0.15) is 0 Å². The molecule has 0 fully saturated rings. The number of nitrogens with one attached hydrogen (secondary N) is 1. The predicted molar refractivity (Wildman–Crippen MR) is 79.3 cm³/mol. The van der Waals surface area contributed by atoms with Crippen molar-refractivity contribution in [3.8, 4) is 5.75 Å². The second-order valence-corrected chi connectivity index (χ2v) is 4.77. The summed E-state index contributed by atoms with van der Waals surface area (Å²) in [6.07, 6.45) is 6.16. The first-order valence-corrected chi connectivity index (χ1v) is 7.18. The molecule has 0 aliphatic heterocycles. The zero-order chi connectivity index (χ0) is 14.4. The van der Waals surface area contributed by atoms with Gasteiger partial charge in [-0.05, 0) is 49.2 Å². The van der Waals surface area contributed by atoms with E-state index in [1.165, 1.54) is 0 Å². The van der Waals surface area contributed by atoms with Crippen LogP contribution in [0.25, 0.3) is 0 Å². The van der Waals surface area contributed by atoms with E-state index in [4.69, 9.17) is 20.8 Å². The van der Waals surface area contributed by atoms with Gasteiger partial charge in [-0.15, -0.1) is 0 Å². The number of ether oxygens (including phenoxy) is 1. The zero-order valence-electron chi connectivity index (χ0n) is 11.7. The fraction of sp³-hybridized carbons (Fsp3) is 0.400. The SMILES string of the molecule is CCCNC(c1cncc(OCC)c1)c1ccoc1Cl. The maximum absolute atomic E-state index is 6.11. The molecule has 0 saturated carbocycles. The molecule has 5 heteroatoms. The normalized spacial score (nSPS) is 12.3. The zero-order valence-corrected chi connectivity index (χ0v) is 12.5. The Morgan fingerprint density at radius 1 is 1.40 bits per heavy atom. The fourth-order valence-electron chi connectivity index (χ4n) is 2.05. The smallest absolute Gasteiger partial charge is 0.198 e. The molecule has 2 heterocycles. The van der Waals surface area contributed by atoms with E-state index in [0.717, 1.165) is 29.8 Å². The van der Waals surface area contributed by atoms with E-state index >= 15 is 0 Å². The van der Waals surface area contributed by atoms with Crippen LogP contribution in [0, 0.1) is 0 Å². The van der Waals surface area contributed by atoms with Crippen LogP contribution in [0.15, 0.2) is 35.2 Å². The molecule has 20 heavy (non-hydrogen) atoms. The van der Waals surface area contributed by atoms with Gasteiger partial charge >= 0.3 is 0 Å². The molecular formula is C15H19ClN2O2. The molecule has 108 valence electrons. The van der Waals surface area contributed by atoms with Gasteiger partial charge < -0.3 is 14.5 Å². The van der Waals surface area contributed by atoms with Gasteiger partial charge in [0.05, 0.1) is 25.1 Å².